The van der Waals surface area contributed by atoms with Crippen molar-refractivity contribution >= 4 is 5.69 Å². The number of para-hydroxylation sites is 2. The highest BCUT2D eigenvalue weighted by atomic mass is 16.5. The standard InChI is InChI=1S/C14H14N6O/c1-21-14-8-4-5-11(17-14)9-15-12-6-2-3-7-13(12)20-10-16-18-19-20/h2-8,10,15H,9H2,1H3. The fourth-order valence-corrected chi connectivity index (χ4v) is 1.95. The Hall–Kier alpha value is -2.96. The number of ether oxygens (including phenoxy) is 1. The number of tetrazole rings is 1. The minimum absolute atomic E-state index is 0.580. The molecule has 0 aliphatic carbocycles. The maximum Gasteiger partial charge on any atom is 0.213 e. The van der Waals surface area contributed by atoms with Crippen molar-refractivity contribution in [3.05, 3.63) is 54.5 Å². The van der Waals surface area contributed by atoms with E-state index in [1.54, 1.807) is 18.1 Å². The topological polar surface area (TPSA) is 77.8 Å². The Kier molecular flexibility index (Phi) is 3.72. The van der Waals surface area contributed by atoms with E-state index in [1.165, 1.54) is 0 Å². The Morgan fingerprint density at radius 1 is 1.14 bits per heavy atom. The minimum Gasteiger partial charge on any atom is -0.481 e. The van der Waals surface area contributed by atoms with Crippen molar-refractivity contribution in [3.63, 3.8) is 0 Å². The molecular weight excluding hydrogens is 268 g/mol. The highest BCUT2D eigenvalue weighted by molar-refractivity contribution is 5.60. The second-order valence-electron chi connectivity index (χ2n) is 4.30. The van der Waals surface area contributed by atoms with Gasteiger partial charge in [-0.05, 0) is 28.6 Å². The van der Waals surface area contributed by atoms with Gasteiger partial charge >= 0.3 is 0 Å². The molecule has 0 amide bonds. The zero-order chi connectivity index (χ0) is 14.5. The number of hydrogen-bond acceptors (Lipinski definition) is 6. The van der Waals surface area contributed by atoms with Gasteiger partial charge in [0.15, 0.2) is 0 Å². The first-order chi connectivity index (χ1) is 10.4. The van der Waals surface area contributed by atoms with Crippen molar-refractivity contribution in [2.45, 2.75) is 6.54 Å². The van der Waals surface area contributed by atoms with Crippen molar-refractivity contribution < 1.29 is 4.74 Å². The molecule has 0 fully saturated rings. The number of pyridine rings is 1. The molecule has 1 N–H and O–H groups in total. The van der Waals surface area contributed by atoms with Crippen molar-refractivity contribution in [1.29, 1.82) is 0 Å². The van der Waals surface area contributed by atoms with Crippen LogP contribution in [0.2, 0.25) is 0 Å². The molecule has 7 heteroatoms. The molecule has 0 saturated carbocycles. The molecule has 0 saturated heterocycles. The first-order valence-corrected chi connectivity index (χ1v) is 6.43. The van der Waals surface area contributed by atoms with Gasteiger partial charge in [0, 0.05) is 6.07 Å². The Bertz CT molecular complexity index is 713. The van der Waals surface area contributed by atoms with E-state index in [9.17, 15) is 0 Å². The van der Waals surface area contributed by atoms with Crippen LogP contribution in [0.4, 0.5) is 5.69 Å². The summed E-state index contributed by atoms with van der Waals surface area (Å²) in [7, 11) is 1.60. The molecule has 3 rings (SSSR count). The average Bonchev–Trinajstić information content (AvgIpc) is 3.08. The summed E-state index contributed by atoms with van der Waals surface area (Å²) in [5, 5.41) is 14.6. The molecule has 2 aromatic heterocycles. The van der Waals surface area contributed by atoms with Crippen LogP contribution in [0, 0.1) is 0 Å². The molecule has 0 aliphatic rings. The maximum absolute atomic E-state index is 5.12. The second-order valence-corrected chi connectivity index (χ2v) is 4.30. The number of aromatic nitrogens is 5. The number of hydrogen-bond donors (Lipinski definition) is 1. The zero-order valence-electron chi connectivity index (χ0n) is 11.5. The minimum atomic E-state index is 0.580. The van der Waals surface area contributed by atoms with Gasteiger partial charge in [-0.25, -0.2) is 4.98 Å². The van der Waals surface area contributed by atoms with Gasteiger partial charge in [0.25, 0.3) is 0 Å². The van der Waals surface area contributed by atoms with Crippen molar-refractivity contribution in [2.24, 2.45) is 0 Å². The Labute approximate surface area is 121 Å². The predicted octanol–water partition coefficient (Wildman–Crippen LogP) is 1.68. The molecule has 0 aliphatic heterocycles. The smallest absolute Gasteiger partial charge is 0.213 e. The third kappa shape index (κ3) is 2.97. The molecule has 0 spiro atoms. The second kappa shape index (κ2) is 6.00. The van der Waals surface area contributed by atoms with E-state index in [2.05, 4.69) is 25.8 Å². The van der Waals surface area contributed by atoms with E-state index < -0.39 is 0 Å². The number of methoxy groups -OCH3 is 1. The number of nitrogens with one attached hydrogen (secondary N) is 1. The van der Waals surface area contributed by atoms with Gasteiger partial charge in [-0.1, -0.05) is 18.2 Å². The molecule has 1 aromatic carbocycles. The van der Waals surface area contributed by atoms with Gasteiger partial charge in [0.2, 0.25) is 5.88 Å². The molecule has 0 atom stereocenters. The Morgan fingerprint density at radius 3 is 2.86 bits per heavy atom. The van der Waals surface area contributed by atoms with Crippen LogP contribution in [-0.4, -0.2) is 32.3 Å². The van der Waals surface area contributed by atoms with Crippen LogP contribution in [0.3, 0.4) is 0 Å². The quantitative estimate of drug-likeness (QED) is 0.767. The molecule has 0 unspecified atom stereocenters. The van der Waals surface area contributed by atoms with Crippen LogP contribution in [0.15, 0.2) is 48.8 Å². The first kappa shape index (κ1) is 13.0. The number of anilines is 1. The van der Waals surface area contributed by atoms with Gasteiger partial charge in [0.05, 0.1) is 30.7 Å². The van der Waals surface area contributed by atoms with Crippen LogP contribution in [-0.2, 0) is 6.54 Å². The van der Waals surface area contributed by atoms with E-state index in [1.807, 2.05) is 42.5 Å². The lowest BCUT2D eigenvalue weighted by atomic mass is 10.2. The molecule has 2 heterocycles. The van der Waals surface area contributed by atoms with E-state index >= 15 is 0 Å². The van der Waals surface area contributed by atoms with Crippen LogP contribution >= 0.6 is 0 Å². The molecule has 7 nitrogen and oxygen atoms in total. The Morgan fingerprint density at radius 2 is 2.05 bits per heavy atom. The lowest BCUT2D eigenvalue weighted by Gasteiger charge is -2.11. The summed E-state index contributed by atoms with van der Waals surface area (Å²) in [4.78, 5) is 4.37. The number of benzene rings is 1. The van der Waals surface area contributed by atoms with E-state index in [-0.39, 0.29) is 0 Å². The average molecular weight is 282 g/mol. The molecule has 0 radical (unpaired) electrons. The van der Waals surface area contributed by atoms with Crippen molar-refractivity contribution in [1.82, 2.24) is 25.2 Å². The predicted molar refractivity (Wildman–Crippen MR) is 77.3 cm³/mol. The first-order valence-electron chi connectivity index (χ1n) is 6.43. The SMILES string of the molecule is COc1cccc(CNc2ccccc2-n2cnnn2)n1. The summed E-state index contributed by atoms with van der Waals surface area (Å²) in [6.07, 6.45) is 1.56. The molecular formula is C14H14N6O. The van der Waals surface area contributed by atoms with Crippen LogP contribution in [0.5, 0.6) is 5.88 Å². The fraction of sp³-hybridized carbons (Fsp3) is 0.143. The summed E-state index contributed by atoms with van der Waals surface area (Å²) in [6.45, 7) is 0.580. The lowest BCUT2D eigenvalue weighted by Crippen LogP contribution is -2.06. The van der Waals surface area contributed by atoms with Gasteiger partial charge in [-0.15, -0.1) is 5.10 Å². The van der Waals surface area contributed by atoms with E-state index in [0.717, 1.165) is 17.1 Å². The highest BCUT2D eigenvalue weighted by Gasteiger charge is 2.05. The van der Waals surface area contributed by atoms with Gasteiger partial charge in [0.1, 0.15) is 6.33 Å². The van der Waals surface area contributed by atoms with Crippen molar-refractivity contribution in [3.8, 4) is 11.6 Å². The monoisotopic (exact) mass is 282 g/mol. The summed E-state index contributed by atoms with van der Waals surface area (Å²) in [5.74, 6) is 0.600. The van der Waals surface area contributed by atoms with Gasteiger partial charge in [-0.2, -0.15) is 4.68 Å². The van der Waals surface area contributed by atoms with Crippen LogP contribution in [0.1, 0.15) is 5.69 Å². The van der Waals surface area contributed by atoms with Crippen molar-refractivity contribution in [2.75, 3.05) is 12.4 Å². The molecule has 0 bridgehead atoms. The summed E-state index contributed by atoms with van der Waals surface area (Å²) < 4.78 is 6.73. The molecule has 21 heavy (non-hydrogen) atoms. The number of rotatable bonds is 5. The lowest BCUT2D eigenvalue weighted by molar-refractivity contribution is 0.396. The van der Waals surface area contributed by atoms with Gasteiger partial charge in [-0.3, -0.25) is 0 Å². The number of nitrogens with zero attached hydrogens (tertiary/aromatic N) is 5. The third-order valence-electron chi connectivity index (χ3n) is 2.95. The normalized spacial score (nSPS) is 10.3. The maximum atomic E-state index is 5.12. The summed E-state index contributed by atoms with van der Waals surface area (Å²) in [6, 6.07) is 13.5. The third-order valence-corrected chi connectivity index (χ3v) is 2.95. The molecule has 106 valence electrons. The highest BCUT2D eigenvalue weighted by Crippen LogP contribution is 2.19. The van der Waals surface area contributed by atoms with E-state index in [4.69, 9.17) is 4.74 Å². The summed E-state index contributed by atoms with van der Waals surface area (Å²) in [5.41, 5.74) is 2.70. The Balaban J connectivity index is 1.79. The van der Waals surface area contributed by atoms with Gasteiger partial charge < -0.3 is 10.1 Å². The fourth-order valence-electron chi connectivity index (χ4n) is 1.95. The largest absolute Gasteiger partial charge is 0.481 e. The zero-order valence-corrected chi connectivity index (χ0v) is 11.5. The van der Waals surface area contributed by atoms with Crippen LogP contribution < -0.4 is 10.1 Å². The summed E-state index contributed by atoms with van der Waals surface area (Å²) >= 11 is 0. The molecule has 3 aromatic rings. The van der Waals surface area contributed by atoms with Crippen LogP contribution in [0.25, 0.3) is 5.69 Å². The van der Waals surface area contributed by atoms with E-state index in [0.29, 0.717) is 12.4 Å².